The molecule has 0 aliphatic heterocycles. The molecule has 2 nitrogen and oxygen atoms in total. The van der Waals surface area contributed by atoms with Crippen LogP contribution in [0.25, 0.3) is 66.1 Å². The third kappa shape index (κ3) is 7.59. The third-order valence-electron chi connectivity index (χ3n) is 12.2. The number of hydrogen-bond acceptors (Lipinski definition) is 2. The van der Waals surface area contributed by atoms with E-state index in [1.165, 1.54) is 54.9 Å². The lowest BCUT2D eigenvalue weighted by atomic mass is 9.97. The molecule has 0 saturated heterocycles. The second kappa shape index (κ2) is 17.1. The van der Waals surface area contributed by atoms with Gasteiger partial charge in [0.1, 0.15) is 0 Å². The molecule has 0 fully saturated rings. The Morgan fingerprint density at radius 3 is 1.02 bits per heavy atom. The Labute approximate surface area is 375 Å². The van der Waals surface area contributed by atoms with E-state index in [0.29, 0.717) is 0 Å². The SMILES string of the molecule is c1ccc(-c2ccc(N(c3ccc(-c4ccc(N(c5ccccc5)c5cc6ccccc6c6ccccc56)cc4)cc3)c3cc(-c4ccccc4)cc(-c4ccccc4)c3)cc2)cc1. The number of benzene rings is 11. The molecule has 0 aliphatic rings. The van der Waals surface area contributed by atoms with E-state index in [1.54, 1.807) is 0 Å². The van der Waals surface area contributed by atoms with E-state index in [2.05, 4.69) is 277 Å². The average molecular weight is 817 g/mol. The summed E-state index contributed by atoms with van der Waals surface area (Å²) >= 11 is 0. The largest absolute Gasteiger partial charge is 0.310 e. The number of para-hydroxylation sites is 1. The van der Waals surface area contributed by atoms with Crippen LogP contribution in [-0.2, 0) is 0 Å². The minimum atomic E-state index is 1.08. The van der Waals surface area contributed by atoms with Gasteiger partial charge in [0.05, 0.1) is 5.69 Å². The Morgan fingerprint density at radius 1 is 0.188 bits per heavy atom. The van der Waals surface area contributed by atoms with Crippen LogP contribution in [0.15, 0.2) is 267 Å². The van der Waals surface area contributed by atoms with Crippen molar-refractivity contribution >= 4 is 55.7 Å². The van der Waals surface area contributed by atoms with Crippen molar-refractivity contribution in [3.05, 3.63) is 267 Å². The van der Waals surface area contributed by atoms with Gasteiger partial charge in [0, 0.05) is 33.8 Å². The maximum atomic E-state index is 2.38. The van der Waals surface area contributed by atoms with Crippen LogP contribution in [0.5, 0.6) is 0 Å². The van der Waals surface area contributed by atoms with Crippen LogP contribution in [0.1, 0.15) is 0 Å². The van der Waals surface area contributed by atoms with Crippen LogP contribution in [0.2, 0.25) is 0 Å². The van der Waals surface area contributed by atoms with Gasteiger partial charge >= 0.3 is 0 Å². The number of hydrogen-bond donors (Lipinski definition) is 0. The van der Waals surface area contributed by atoms with E-state index < -0.39 is 0 Å². The summed E-state index contributed by atoms with van der Waals surface area (Å²) in [6.07, 6.45) is 0. The lowest BCUT2D eigenvalue weighted by molar-refractivity contribution is 1.28. The quantitative estimate of drug-likeness (QED) is 0.127. The van der Waals surface area contributed by atoms with E-state index in [-0.39, 0.29) is 0 Å². The maximum Gasteiger partial charge on any atom is 0.0546 e. The summed E-state index contributed by atoms with van der Waals surface area (Å²) in [5.74, 6) is 0. The number of fused-ring (bicyclic) bond motifs is 3. The first-order chi connectivity index (χ1) is 31.7. The first kappa shape index (κ1) is 38.5. The fraction of sp³-hybridized carbons (Fsp3) is 0. The zero-order valence-electron chi connectivity index (χ0n) is 35.3. The molecule has 0 atom stereocenters. The molecule has 0 saturated carbocycles. The van der Waals surface area contributed by atoms with Crippen molar-refractivity contribution in [2.24, 2.45) is 0 Å². The van der Waals surface area contributed by atoms with Crippen molar-refractivity contribution in [2.75, 3.05) is 9.80 Å². The van der Waals surface area contributed by atoms with Gasteiger partial charge in [-0.3, -0.25) is 0 Å². The summed E-state index contributed by atoms with van der Waals surface area (Å²) < 4.78 is 0. The van der Waals surface area contributed by atoms with Crippen LogP contribution < -0.4 is 9.80 Å². The molecule has 0 N–H and O–H groups in total. The molecule has 2 heteroatoms. The molecule has 0 spiro atoms. The molecule has 11 aromatic carbocycles. The molecule has 11 rings (SSSR count). The fourth-order valence-electron chi connectivity index (χ4n) is 9.05. The summed E-state index contributed by atoms with van der Waals surface area (Å²) in [6.45, 7) is 0. The van der Waals surface area contributed by atoms with Gasteiger partial charge < -0.3 is 9.80 Å². The second-order valence-electron chi connectivity index (χ2n) is 16.2. The molecule has 0 aromatic heterocycles. The molecule has 64 heavy (non-hydrogen) atoms. The highest BCUT2D eigenvalue weighted by atomic mass is 15.1. The summed E-state index contributed by atoms with van der Waals surface area (Å²) in [5.41, 5.74) is 16.0. The standard InChI is InChI=1S/C62H44N2/c1-5-17-45(18-6-1)48-29-35-55(36-30-48)63(58-42-52(46-19-7-2-8-20-46)41-53(43-58)47-21-9-3-10-22-47)56-37-31-49(32-38-56)50-33-39-57(40-34-50)64(54-24-11-4-12-25-54)62-44-51-23-13-14-26-59(51)60-27-15-16-28-61(60)62/h1-44H. The Morgan fingerprint density at radius 2 is 0.531 bits per heavy atom. The normalized spacial score (nSPS) is 11.1. The van der Waals surface area contributed by atoms with Gasteiger partial charge in [-0.15, -0.1) is 0 Å². The van der Waals surface area contributed by atoms with E-state index >= 15 is 0 Å². The van der Waals surface area contributed by atoms with Gasteiger partial charge in [-0.05, 0) is 133 Å². The van der Waals surface area contributed by atoms with Crippen LogP contribution in [0.4, 0.5) is 34.1 Å². The Hall–Kier alpha value is -8.46. The highest BCUT2D eigenvalue weighted by Gasteiger charge is 2.19. The second-order valence-corrected chi connectivity index (χ2v) is 16.2. The van der Waals surface area contributed by atoms with Crippen LogP contribution in [0.3, 0.4) is 0 Å². The molecule has 11 aromatic rings. The highest BCUT2D eigenvalue weighted by Crippen LogP contribution is 2.44. The number of nitrogens with zero attached hydrogens (tertiary/aromatic N) is 2. The first-order valence-electron chi connectivity index (χ1n) is 21.9. The smallest absolute Gasteiger partial charge is 0.0546 e. The lowest BCUT2D eigenvalue weighted by Crippen LogP contribution is -2.10. The Balaban J connectivity index is 0.989. The van der Waals surface area contributed by atoms with Gasteiger partial charge in [-0.25, -0.2) is 0 Å². The van der Waals surface area contributed by atoms with E-state index in [0.717, 1.165) is 45.3 Å². The van der Waals surface area contributed by atoms with E-state index in [9.17, 15) is 0 Å². The first-order valence-corrected chi connectivity index (χ1v) is 21.9. The molecule has 302 valence electrons. The van der Waals surface area contributed by atoms with E-state index in [1.807, 2.05) is 0 Å². The molecule has 0 radical (unpaired) electrons. The van der Waals surface area contributed by atoms with E-state index in [4.69, 9.17) is 0 Å². The molecule has 0 unspecified atom stereocenters. The summed E-state index contributed by atoms with van der Waals surface area (Å²) in [4.78, 5) is 4.77. The molecule has 0 heterocycles. The van der Waals surface area contributed by atoms with Crippen molar-refractivity contribution in [3.63, 3.8) is 0 Å². The number of anilines is 6. The maximum absolute atomic E-state index is 2.38. The van der Waals surface area contributed by atoms with Gasteiger partial charge in [0.25, 0.3) is 0 Å². The van der Waals surface area contributed by atoms with Crippen molar-refractivity contribution in [1.29, 1.82) is 0 Å². The van der Waals surface area contributed by atoms with Crippen molar-refractivity contribution in [1.82, 2.24) is 0 Å². The van der Waals surface area contributed by atoms with Gasteiger partial charge in [-0.1, -0.05) is 194 Å². The lowest BCUT2D eigenvalue weighted by Gasteiger charge is -2.28. The summed E-state index contributed by atoms with van der Waals surface area (Å²) in [7, 11) is 0. The molecule has 0 aliphatic carbocycles. The minimum Gasteiger partial charge on any atom is -0.310 e. The summed E-state index contributed by atoms with van der Waals surface area (Å²) in [6, 6.07) is 96.3. The predicted molar refractivity (Wildman–Crippen MR) is 273 cm³/mol. The minimum absolute atomic E-state index is 1.08. The van der Waals surface area contributed by atoms with Crippen molar-refractivity contribution in [3.8, 4) is 44.5 Å². The number of rotatable bonds is 10. The van der Waals surface area contributed by atoms with Crippen LogP contribution in [-0.4, -0.2) is 0 Å². The molecular formula is C62H44N2. The molecule has 0 amide bonds. The monoisotopic (exact) mass is 816 g/mol. The Bertz CT molecular complexity index is 3270. The average Bonchev–Trinajstić information content (AvgIpc) is 3.38. The topological polar surface area (TPSA) is 6.48 Å². The van der Waals surface area contributed by atoms with Crippen LogP contribution in [0, 0.1) is 0 Å². The zero-order chi connectivity index (χ0) is 42.7. The van der Waals surface area contributed by atoms with Gasteiger partial charge in [0.2, 0.25) is 0 Å². The van der Waals surface area contributed by atoms with Crippen molar-refractivity contribution in [2.45, 2.75) is 0 Å². The molecular weight excluding hydrogens is 773 g/mol. The summed E-state index contributed by atoms with van der Waals surface area (Å²) in [5, 5.41) is 4.95. The fourth-order valence-corrected chi connectivity index (χ4v) is 9.05. The van der Waals surface area contributed by atoms with Crippen LogP contribution >= 0.6 is 0 Å². The van der Waals surface area contributed by atoms with Crippen molar-refractivity contribution < 1.29 is 0 Å². The zero-order valence-corrected chi connectivity index (χ0v) is 35.3. The predicted octanol–water partition coefficient (Wildman–Crippen LogP) is 17.6. The van der Waals surface area contributed by atoms with Gasteiger partial charge in [0.15, 0.2) is 0 Å². The highest BCUT2D eigenvalue weighted by molar-refractivity contribution is 6.14. The third-order valence-corrected chi connectivity index (χ3v) is 12.2. The molecule has 0 bridgehead atoms. The Kier molecular flexibility index (Phi) is 10.3. The van der Waals surface area contributed by atoms with Gasteiger partial charge in [-0.2, -0.15) is 0 Å².